The van der Waals surface area contributed by atoms with Gasteiger partial charge in [0.05, 0.1) is 0 Å². The Hall–Kier alpha value is -1.81. The van der Waals surface area contributed by atoms with Crippen LogP contribution in [0.25, 0.3) is 10.9 Å². The van der Waals surface area contributed by atoms with Crippen LogP contribution in [0.15, 0.2) is 30.3 Å². The first kappa shape index (κ1) is 13.8. The number of nitrogens with one attached hydrogen (secondary N) is 1. The first-order chi connectivity index (χ1) is 10.7. The van der Waals surface area contributed by atoms with Crippen molar-refractivity contribution in [1.29, 1.82) is 0 Å². The topological polar surface area (TPSA) is 39.3 Å². The van der Waals surface area contributed by atoms with E-state index in [1.807, 2.05) is 24.3 Å². The molecule has 1 aromatic carbocycles. The SMILES string of the molecule is CN1CCC[C@H]1[C@H]1CCCN1C(=O)c1cc2ccccc2[nH]1. The van der Waals surface area contributed by atoms with Gasteiger partial charge in [0.2, 0.25) is 0 Å². The summed E-state index contributed by atoms with van der Waals surface area (Å²) in [6.07, 6.45) is 4.74. The van der Waals surface area contributed by atoms with Crippen molar-refractivity contribution in [2.75, 3.05) is 20.1 Å². The number of likely N-dealkylation sites (tertiary alicyclic amines) is 2. The van der Waals surface area contributed by atoms with Crippen LogP contribution in [0.2, 0.25) is 0 Å². The molecule has 4 nitrogen and oxygen atoms in total. The Bertz CT molecular complexity index is 659. The van der Waals surface area contributed by atoms with E-state index < -0.39 is 0 Å². The maximum atomic E-state index is 13.0. The number of carbonyl (C=O) groups is 1. The van der Waals surface area contributed by atoms with E-state index in [0.717, 1.165) is 42.5 Å². The first-order valence-electron chi connectivity index (χ1n) is 8.33. The van der Waals surface area contributed by atoms with E-state index in [-0.39, 0.29) is 5.91 Å². The van der Waals surface area contributed by atoms with E-state index in [9.17, 15) is 4.79 Å². The molecule has 1 aromatic heterocycles. The monoisotopic (exact) mass is 297 g/mol. The zero-order chi connectivity index (χ0) is 15.1. The molecule has 0 radical (unpaired) electrons. The molecule has 22 heavy (non-hydrogen) atoms. The number of carbonyl (C=O) groups excluding carboxylic acids is 1. The van der Waals surface area contributed by atoms with Crippen molar-refractivity contribution in [2.24, 2.45) is 0 Å². The van der Waals surface area contributed by atoms with Gasteiger partial charge in [0.15, 0.2) is 0 Å². The van der Waals surface area contributed by atoms with Crippen LogP contribution >= 0.6 is 0 Å². The predicted molar refractivity (Wildman–Crippen MR) is 88.0 cm³/mol. The fourth-order valence-corrected chi connectivity index (χ4v) is 4.21. The van der Waals surface area contributed by atoms with Crippen LogP contribution in [-0.4, -0.2) is 52.9 Å². The lowest BCUT2D eigenvalue weighted by Crippen LogP contribution is -2.47. The average molecular weight is 297 g/mol. The zero-order valence-electron chi connectivity index (χ0n) is 13.1. The van der Waals surface area contributed by atoms with Crippen molar-refractivity contribution in [3.63, 3.8) is 0 Å². The van der Waals surface area contributed by atoms with Crippen LogP contribution in [0.5, 0.6) is 0 Å². The largest absolute Gasteiger partial charge is 0.351 e. The number of likely N-dealkylation sites (N-methyl/N-ethyl adjacent to an activating group) is 1. The summed E-state index contributed by atoms with van der Waals surface area (Å²) < 4.78 is 0. The van der Waals surface area contributed by atoms with Gasteiger partial charge < -0.3 is 14.8 Å². The molecule has 2 saturated heterocycles. The van der Waals surface area contributed by atoms with Crippen molar-refractivity contribution in [3.05, 3.63) is 36.0 Å². The molecular weight excluding hydrogens is 274 g/mol. The molecule has 116 valence electrons. The molecular formula is C18H23N3O. The quantitative estimate of drug-likeness (QED) is 0.926. The molecule has 0 spiro atoms. The van der Waals surface area contributed by atoms with Gasteiger partial charge in [-0.25, -0.2) is 0 Å². The predicted octanol–water partition coefficient (Wildman–Crippen LogP) is 2.87. The second-order valence-corrected chi connectivity index (χ2v) is 6.67. The number of benzene rings is 1. The Kier molecular flexibility index (Phi) is 3.41. The fraction of sp³-hybridized carbons (Fsp3) is 0.500. The number of aromatic nitrogens is 1. The third kappa shape index (κ3) is 2.22. The fourth-order valence-electron chi connectivity index (χ4n) is 4.21. The van der Waals surface area contributed by atoms with Crippen LogP contribution in [0.4, 0.5) is 0 Å². The number of aromatic amines is 1. The standard InChI is InChI=1S/C18H23N3O/c1-20-10-4-8-16(20)17-9-5-11-21(17)18(22)15-12-13-6-2-3-7-14(13)19-15/h2-3,6-7,12,16-17,19H,4-5,8-11H2,1H3/t16-,17+/m0/s1. The molecule has 0 aliphatic carbocycles. The van der Waals surface area contributed by atoms with Gasteiger partial charge in [0, 0.05) is 29.5 Å². The third-order valence-electron chi connectivity index (χ3n) is 5.34. The lowest BCUT2D eigenvalue weighted by Gasteiger charge is -2.33. The molecule has 2 atom stereocenters. The molecule has 2 aliphatic rings. The molecule has 2 aliphatic heterocycles. The maximum Gasteiger partial charge on any atom is 0.270 e. The minimum Gasteiger partial charge on any atom is -0.351 e. The van der Waals surface area contributed by atoms with Crippen molar-refractivity contribution in [3.8, 4) is 0 Å². The van der Waals surface area contributed by atoms with Crippen molar-refractivity contribution >= 4 is 16.8 Å². The summed E-state index contributed by atoms with van der Waals surface area (Å²) in [6.45, 7) is 2.05. The number of rotatable bonds is 2. The van der Waals surface area contributed by atoms with Crippen LogP contribution in [0.1, 0.15) is 36.2 Å². The summed E-state index contributed by atoms with van der Waals surface area (Å²) in [5.41, 5.74) is 1.77. The number of hydrogen-bond acceptors (Lipinski definition) is 2. The number of amides is 1. The minimum atomic E-state index is 0.166. The number of para-hydroxylation sites is 1. The molecule has 2 aromatic rings. The molecule has 1 N–H and O–H groups in total. The molecule has 4 heteroatoms. The van der Waals surface area contributed by atoms with Gasteiger partial charge >= 0.3 is 0 Å². The average Bonchev–Trinajstić information content (AvgIpc) is 3.24. The second-order valence-electron chi connectivity index (χ2n) is 6.67. The van der Waals surface area contributed by atoms with Crippen LogP contribution < -0.4 is 0 Å². The van der Waals surface area contributed by atoms with E-state index in [0.29, 0.717) is 12.1 Å². The van der Waals surface area contributed by atoms with Gasteiger partial charge in [-0.05, 0) is 51.4 Å². The van der Waals surface area contributed by atoms with Gasteiger partial charge in [-0.1, -0.05) is 18.2 Å². The zero-order valence-corrected chi connectivity index (χ0v) is 13.1. The summed E-state index contributed by atoms with van der Waals surface area (Å²) >= 11 is 0. The smallest absolute Gasteiger partial charge is 0.270 e. The van der Waals surface area contributed by atoms with Crippen molar-refractivity contribution in [2.45, 2.75) is 37.8 Å². The number of hydrogen-bond donors (Lipinski definition) is 1. The van der Waals surface area contributed by atoms with E-state index in [1.54, 1.807) is 0 Å². The Morgan fingerprint density at radius 1 is 1.14 bits per heavy atom. The molecule has 3 heterocycles. The van der Waals surface area contributed by atoms with Gasteiger partial charge in [-0.2, -0.15) is 0 Å². The van der Waals surface area contributed by atoms with Crippen molar-refractivity contribution in [1.82, 2.24) is 14.8 Å². The third-order valence-corrected chi connectivity index (χ3v) is 5.34. The summed E-state index contributed by atoms with van der Waals surface area (Å²) in [7, 11) is 2.20. The molecule has 4 rings (SSSR count). The van der Waals surface area contributed by atoms with Gasteiger partial charge in [-0.15, -0.1) is 0 Å². The van der Waals surface area contributed by atoms with E-state index >= 15 is 0 Å². The summed E-state index contributed by atoms with van der Waals surface area (Å²) in [6, 6.07) is 11.0. The minimum absolute atomic E-state index is 0.166. The van der Waals surface area contributed by atoms with Crippen LogP contribution in [0.3, 0.4) is 0 Å². The van der Waals surface area contributed by atoms with Crippen LogP contribution in [-0.2, 0) is 0 Å². The number of nitrogens with zero attached hydrogens (tertiary/aromatic N) is 2. The Morgan fingerprint density at radius 2 is 1.91 bits per heavy atom. The second kappa shape index (κ2) is 5.43. The van der Waals surface area contributed by atoms with Gasteiger partial charge in [-0.3, -0.25) is 4.79 Å². The molecule has 0 saturated carbocycles. The van der Waals surface area contributed by atoms with Crippen LogP contribution in [0, 0.1) is 0 Å². The Labute approximate surface area is 131 Å². The number of H-pyrrole nitrogens is 1. The Morgan fingerprint density at radius 3 is 2.68 bits per heavy atom. The van der Waals surface area contributed by atoms with Crippen molar-refractivity contribution < 1.29 is 4.79 Å². The Balaban J connectivity index is 1.60. The van der Waals surface area contributed by atoms with Gasteiger partial charge in [0.25, 0.3) is 5.91 Å². The highest BCUT2D eigenvalue weighted by Gasteiger charge is 2.38. The molecule has 0 unspecified atom stereocenters. The summed E-state index contributed by atoms with van der Waals surface area (Å²) in [4.78, 5) is 20.8. The summed E-state index contributed by atoms with van der Waals surface area (Å²) in [5, 5.41) is 1.11. The highest BCUT2D eigenvalue weighted by molar-refractivity contribution is 5.98. The highest BCUT2D eigenvalue weighted by atomic mass is 16.2. The molecule has 2 fully saturated rings. The van der Waals surface area contributed by atoms with E-state index in [1.165, 1.54) is 12.8 Å². The number of fused-ring (bicyclic) bond motifs is 1. The molecule has 1 amide bonds. The lowest BCUT2D eigenvalue weighted by atomic mass is 10.0. The maximum absolute atomic E-state index is 13.0. The molecule has 0 bridgehead atoms. The van der Waals surface area contributed by atoms with E-state index in [4.69, 9.17) is 0 Å². The first-order valence-corrected chi connectivity index (χ1v) is 8.33. The highest BCUT2D eigenvalue weighted by Crippen LogP contribution is 2.30. The van der Waals surface area contributed by atoms with E-state index in [2.05, 4.69) is 27.9 Å². The van der Waals surface area contributed by atoms with Gasteiger partial charge in [0.1, 0.15) is 5.69 Å². The summed E-state index contributed by atoms with van der Waals surface area (Å²) in [5.74, 6) is 0.166. The lowest BCUT2D eigenvalue weighted by molar-refractivity contribution is 0.0659. The normalized spacial score (nSPS) is 26.1.